The Balaban J connectivity index is 1.14. The third kappa shape index (κ3) is 21.3. The Morgan fingerprint density at radius 2 is 0.365 bits per heavy atom. The van der Waals surface area contributed by atoms with Crippen LogP contribution in [-0.2, 0) is 89.6 Å². The van der Waals surface area contributed by atoms with Gasteiger partial charge in [0.25, 0.3) is 0 Å². The van der Waals surface area contributed by atoms with Crippen LogP contribution in [-0.4, -0.2) is 6.29 Å². The smallest absolute Gasteiger partial charge is 0.150 e. The maximum absolute atomic E-state index is 11.6. The summed E-state index contributed by atoms with van der Waals surface area (Å²) in [6.45, 7) is 56.3. The molecule has 512 valence electrons. The zero-order valence-corrected chi connectivity index (χ0v) is 62.7. The van der Waals surface area contributed by atoms with Crippen molar-refractivity contribution in [2.24, 2.45) is 0 Å². The maximum atomic E-state index is 11.6. The molecule has 8 aromatic rings. The molecule has 8 heteroatoms. The molecule has 8 rings (SSSR count). The lowest BCUT2D eigenvalue weighted by Gasteiger charge is -2.26. The zero-order chi connectivity index (χ0) is 70.6. The molecule has 0 N–H and O–H groups in total. The van der Waals surface area contributed by atoms with E-state index in [9.17, 15) is 4.79 Å². The summed E-state index contributed by atoms with van der Waals surface area (Å²) in [5.41, 5.74) is 17.3. The Hall–Kier alpha value is -7.97. The minimum atomic E-state index is -0.0465. The van der Waals surface area contributed by atoms with Gasteiger partial charge in [-0.3, -0.25) is 4.79 Å². The van der Waals surface area contributed by atoms with E-state index in [0.29, 0.717) is 72.2 Å². The van der Waals surface area contributed by atoms with Crippen LogP contribution < -0.4 is 33.2 Å². The second-order valence-corrected chi connectivity index (χ2v) is 34.8. The van der Waals surface area contributed by atoms with Gasteiger partial charge in [-0.1, -0.05) is 239 Å². The molecule has 0 radical (unpaired) electrons. The average Bonchev–Trinajstić information content (AvgIpc) is 0.830. The SMILES string of the molecule is CC(C)(C)c1cc(COc2cc(COc3cc(COc4ccc(C=O)cc4)cc(OCc4cc(OCc5cc(C(C)(C)C)cc(C(C)(C)C)c5)cc(OCc5cc(C(C)(C)C)cc(C(C)(C)C)c5)c4)c3)cc(OCc3cc(C(C)(C)C)cc(C(C)(C)C)c3)c2)cc(C(C)(C)C)c1. The van der Waals surface area contributed by atoms with Crippen molar-refractivity contribution in [2.45, 2.75) is 256 Å². The second kappa shape index (κ2) is 29.0. The van der Waals surface area contributed by atoms with Crippen molar-refractivity contribution in [3.63, 3.8) is 0 Å². The molecule has 0 saturated heterocycles. The highest BCUT2D eigenvalue weighted by molar-refractivity contribution is 5.74. The molecule has 8 nitrogen and oxygen atoms in total. The van der Waals surface area contributed by atoms with Crippen LogP contribution in [0.25, 0.3) is 0 Å². The molecule has 0 saturated carbocycles. The molecule has 96 heavy (non-hydrogen) atoms. The topological polar surface area (TPSA) is 81.7 Å². The summed E-state index contributed by atoms with van der Waals surface area (Å²) in [6, 6.07) is 52.7. The monoisotopic (exact) mass is 1300 g/mol. The lowest BCUT2D eigenvalue weighted by Crippen LogP contribution is -2.17. The maximum Gasteiger partial charge on any atom is 0.150 e. The molecule has 0 amide bonds. The van der Waals surface area contributed by atoms with E-state index in [2.05, 4.69) is 239 Å². The van der Waals surface area contributed by atoms with Crippen molar-refractivity contribution in [3.05, 3.63) is 241 Å². The summed E-state index contributed by atoms with van der Waals surface area (Å²) in [7, 11) is 0. The molecule has 0 atom stereocenters. The first-order chi connectivity index (χ1) is 44.4. The Kier molecular flexibility index (Phi) is 22.3. The molecule has 0 aromatic heterocycles. The number of hydrogen-bond donors (Lipinski definition) is 0. The van der Waals surface area contributed by atoms with Crippen molar-refractivity contribution < 1.29 is 38.0 Å². The molecule has 0 heterocycles. The summed E-state index contributed by atoms with van der Waals surface area (Å²) >= 11 is 0. The molecule has 0 bridgehead atoms. The number of rotatable bonds is 22. The fraction of sp³-hybridized carbons (Fsp3) is 0.443. The van der Waals surface area contributed by atoms with Gasteiger partial charge in [0.15, 0.2) is 0 Å². The minimum absolute atomic E-state index is 0.0465. The van der Waals surface area contributed by atoms with Crippen LogP contribution in [0.15, 0.2) is 152 Å². The number of hydrogen-bond acceptors (Lipinski definition) is 8. The van der Waals surface area contributed by atoms with Gasteiger partial charge in [-0.25, -0.2) is 0 Å². The summed E-state index contributed by atoms with van der Waals surface area (Å²) < 4.78 is 47.2. The van der Waals surface area contributed by atoms with Crippen molar-refractivity contribution >= 4 is 6.29 Å². The molecule has 0 spiro atoms. The predicted octanol–water partition coefficient (Wildman–Crippen LogP) is 22.9. The first kappa shape index (κ1) is 73.8. The van der Waals surface area contributed by atoms with Crippen molar-refractivity contribution in [1.29, 1.82) is 0 Å². The standard InChI is InChI=1S/C88H112O8/c1-81(2,3)66-29-59(30-67(43-66)82(4,5)6)51-91-75-39-64(40-76(47-75)92-52-60-31-68(83(7,8)9)44-69(32-60)84(10,11)12)56-95-79-37-63(55-90-74-27-25-58(50-89)26-28-74)38-80(49-79)96-57-65-41-77(93-53-61-33-70(85(13,14)15)45-71(34-61)86(16,17)18)48-78(42-65)94-54-62-35-72(87(19,20)21)46-73(36-62)88(22,23)24/h25-50H,51-57H2,1-24H3. The second-order valence-electron chi connectivity index (χ2n) is 34.8. The highest BCUT2D eigenvalue weighted by atomic mass is 16.5. The Morgan fingerprint density at radius 1 is 0.208 bits per heavy atom. The lowest BCUT2D eigenvalue weighted by molar-refractivity contribution is 0.112. The van der Waals surface area contributed by atoms with Gasteiger partial charge in [0.05, 0.1) is 0 Å². The van der Waals surface area contributed by atoms with E-state index >= 15 is 0 Å². The van der Waals surface area contributed by atoms with Crippen molar-refractivity contribution in [2.75, 3.05) is 0 Å². The number of carbonyl (C=O) groups excluding carboxylic acids is 1. The van der Waals surface area contributed by atoms with E-state index in [-0.39, 0.29) is 63.1 Å². The van der Waals surface area contributed by atoms with Crippen molar-refractivity contribution in [3.8, 4) is 40.2 Å². The normalized spacial score (nSPS) is 12.7. The molecule has 8 aromatic carbocycles. The molecular formula is C88H112O8. The lowest BCUT2D eigenvalue weighted by atomic mass is 9.79. The van der Waals surface area contributed by atoms with Crippen LogP contribution in [0.5, 0.6) is 40.2 Å². The number of carbonyl (C=O) groups is 1. The summed E-state index contributed by atoms with van der Waals surface area (Å²) in [5.74, 6) is 4.48. The molecule has 0 fully saturated rings. The Labute approximate surface area is 577 Å². The first-order valence-electron chi connectivity index (χ1n) is 34.4. The van der Waals surface area contributed by atoms with E-state index in [1.54, 1.807) is 24.3 Å². The van der Waals surface area contributed by atoms with Gasteiger partial charge in [-0.05, 0) is 187 Å². The minimum Gasteiger partial charge on any atom is -0.489 e. The summed E-state index contributed by atoms with van der Waals surface area (Å²) in [4.78, 5) is 11.6. The third-order valence-electron chi connectivity index (χ3n) is 17.6. The van der Waals surface area contributed by atoms with Crippen molar-refractivity contribution in [1.82, 2.24) is 0 Å². The highest BCUT2D eigenvalue weighted by Crippen LogP contribution is 2.38. The zero-order valence-electron chi connectivity index (χ0n) is 62.7. The van der Waals surface area contributed by atoms with Gasteiger partial charge in [0, 0.05) is 23.8 Å². The largest absolute Gasteiger partial charge is 0.489 e. The molecule has 0 aliphatic carbocycles. The van der Waals surface area contributed by atoms with E-state index in [1.165, 1.54) is 44.5 Å². The molecular weight excluding hydrogens is 1180 g/mol. The fourth-order valence-electron chi connectivity index (χ4n) is 11.0. The van der Waals surface area contributed by atoms with Crippen LogP contribution in [0.1, 0.15) is 260 Å². The van der Waals surface area contributed by atoms with Crippen LogP contribution >= 0.6 is 0 Å². The molecule has 0 aliphatic heterocycles. The van der Waals surface area contributed by atoms with E-state index in [1.807, 2.05) is 54.6 Å². The first-order valence-corrected chi connectivity index (χ1v) is 34.4. The van der Waals surface area contributed by atoms with Gasteiger partial charge < -0.3 is 33.2 Å². The number of benzene rings is 8. The van der Waals surface area contributed by atoms with E-state index in [0.717, 1.165) is 45.2 Å². The third-order valence-corrected chi connectivity index (χ3v) is 17.6. The summed E-state index contributed by atoms with van der Waals surface area (Å²) in [5, 5.41) is 0. The summed E-state index contributed by atoms with van der Waals surface area (Å²) in [6.07, 6.45) is 0.827. The van der Waals surface area contributed by atoms with Crippen LogP contribution in [0, 0.1) is 0 Å². The fourth-order valence-corrected chi connectivity index (χ4v) is 11.0. The predicted molar refractivity (Wildman–Crippen MR) is 397 cm³/mol. The molecule has 0 unspecified atom stereocenters. The molecule has 0 aliphatic rings. The Morgan fingerprint density at radius 3 is 0.521 bits per heavy atom. The number of aldehydes is 1. The van der Waals surface area contributed by atoms with Gasteiger partial charge in [-0.15, -0.1) is 0 Å². The van der Waals surface area contributed by atoms with Gasteiger partial charge in [0.2, 0.25) is 0 Å². The highest BCUT2D eigenvalue weighted by Gasteiger charge is 2.26. The Bertz CT molecular complexity index is 3420. The van der Waals surface area contributed by atoms with E-state index in [4.69, 9.17) is 33.2 Å². The van der Waals surface area contributed by atoms with Gasteiger partial charge >= 0.3 is 0 Å². The quantitative estimate of drug-likeness (QED) is 0.0621. The van der Waals surface area contributed by atoms with Gasteiger partial charge in [0.1, 0.15) is 92.8 Å². The van der Waals surface area contributed by atoms with Crippen LogP contribution in [0.3, 0.4) is 0 Å². The van der Waals surface area contributed by atoms with Crippen LogP contribution in [0.4, 0.5) is 0 Å². The van der Waals surface area contributed by atoms with Crippen LogP contribution in [0.2, 0.25) is 0 Å². The van der Waals surface area contributed by atoms with Gasteiger partial charge in [-0.2, -0.15) is 0 Å². The van der Waals surface area contributed by atoms with E-state index < -0.39 is 0 Å². The average molecular weight is 1300 g/mol. The number of ether oxygens (including phenoxy) is 7.